The third-order valence-corrected chi connectivity index (χ3v) is 7.64. The van der Waals surface area contributed by atoms with E-state index in [1.807, 2.05) is 0 Å². The summed E-state index contributed by atoms with van der Waals surface area (Å²) < 4.78 is 12.7. The number of epoxide rings is 1. The maximum Gasteiger partial charge on any atom is 0.347 e. The van der Waals surface area contributed by atoms with Crippen molar-refractivity contribution >= 4 is 29.2 Å². The molecule has 0 aliphatic carbocycles. The minimum atomic E-state index is -1.95. The molecule has 3 aliphatic rings. The van der Waals surface area contributed by atoms with E-state index in [1.54, 1.807) is 48.5 Å². The standard InChI is InChI=1S/C23H24Cl2NO4.BrH/c1-26(2)18-11-17(12-19(26)21-20(18)30-21)29-22(27)23(28,13-3-7-15(24)8-4-13)14-5-9-16(25)10-6-14;/h3-10,17-21,28H,11-12H2,1-2H3;1H/q+1;/p-1/t17?,18-,19?,20+,21?;/m0./s1. The number of morpholine rings is 1. The van der Waals surface area contributed by atoms with E-state index in [4.69, 9.17) is 32.7 Å². The number of esters is 1. The fourth-order valence-corrected chi connectivity index (χ4v) is 5.57. The maximum absolute atomic E-state index is 13.4. The number of quaternary nitrogens is 1. The fraction of sp³-hybridized carbons (Fsp3) is 0.435. The predicted octanol–water partition coefficient (Wildman–Crippen LogP) is 0.533. The lowest BCUT2D eigenvalue weighted by molar-refractivity contribution is -0.938. The number of fused-ring (bicyclic) bond motifs is 5. The highest BCUT2D eigenvalue weighted by molar-refractivity contribution is 6.30. The summed E-state index contributed by atoms with van der Waals surface area (Å²) in [6.07, 6.45) is 1.74. The van der Waals surface area contributed by atoms with Crippen LogP contribution >= 0.6 is 23.2 Å². The number of ether oxygens (including phenoxy) is 2. The van der Waals surface area contributed by atoms with Crippen LogP contribution in [0.2, 0.25) is 10.0 Å². The zero-order valence-electron chi connectivity index (χ0n) is 17.2. The monoisotopic (exact) mass is 527 g/mol. The quantitative estimate of drug-likeness (QED) is 0.357. The molecular formula is C23H24BrCl2NO4. The number of benzene rings is 2. The van der Waals surface area contributed by atoms with Crippen molar-refractivity contribution in [2.24, 2.45) is 0 Å². The lowest BCUT2D eigenvalue weighted by Gasteiger charge is -2.45. The van der Waals surface area contributed by atoms with Crippen molar-refractivity contribution in [1.29, 1.82) is 0 Å². The van der Waals surface area contributed by atoms with Gasteiger partial charge in [0.2, 0.25) is 5.60 Å². The van der Waals surface area contributed by atoms with Gasteiger partial charge in [-0.05, 0) is 35.4 Å². The minimum absolute atomic E-state index is 0. The van der Waals surface area contributed by atoms with Crippen LogP contribution in [-0.2, 0) is 19.9 Å². The topological polar surface area (TPSA) is 59.1 Å². The molecule has 0 radical (unpaired) electrons. The van der Waals surface area contributed by atoms with Gasteiger partial charge in [-0.2, -0.15) is 0 Å². The molecule has 3 unspecified atom stereocenters. The Bertz CT molecular complexity index is 917. The van der Waals surface area contributed by atoms with Gasteiger partial charge in [-0.25, -0.2) is 4.79 Å². The van der Waals surface area contributed by atoms with Gasteiger partial charge in [0.05, 0.1) is 14.1 Å². The highest BCUT2D eigenvalue weighted by atomic mass is 79.9. The zero-order valence-corrected chi connectivity index (χ0v) is 20.3. The Labute approximate surface area is 202 Å². The third-order valence-electron chi connectivity index (χ3n) is 7.13. The number of aliphatic hydroxyl groups is 1. The highest BCUT2D eigenvalue weighted by Gasteiger charge is 2.71. The molecule has 5 rings (SSSR count). The molecule has 5 nitrogen and oxygen atoms in total. The molecule has 2 aromatic carbocycles. The number of halogens is 3. The Morgan fingerprint density at radius 2 is 1.39 bits per heavy atom. The fourth-order valence-electron chi connectivity index (χ4n) is 5.32. The van der Waals surface area contributed by atoms with Gasteiger partial charge in [-0.3, -0.25) is 0 Å². The number of rotatable bonds is 4. The van der Waals surface area contributed by atoms with Gasteiger partial charge in [-0.15, -0.1) is 0 Å². The zero-order chi connectivity index (χ0) is 21.3. The number of piperidine rings is 1. The second kappa shape index (κ2) is 8.01. The third kappa shape index (κ3) is 3.71. The first-order chi connectivity index (χ1) is 14.2. The summed E-state index contributed by atoms with van der Waals surface area (Å²) in [4.78, 5) is 13.4. The van der Waals surface area contributed by atoms with E-state index in [0.29, 0.717) is 33.3 Å². The molecule has 0 saturated carbocycles. The lowest BCUT2D eigenvalue weighted by atomic mass is 9.86. The molecule has 2 aromatic rings. The van der Waals surface area contributed by atoms with Crippen LogP contribution in [0.5, 0.6) is 0 Å². The molecule has 166 valence electrons. The normalized spacial score (nSPS) is 30.2. The van der Waals surface area contributed by atoms with Gasteiger partial charge in [0.1, 0.15) is 30.4 Å². The summed E-state index contributed by atoms with van der Waals surface area (Å²) in [7, 11) is 4.45. The molecule has 3 saturated heterocycles. The average molecular weight is 529 g/mol. The Balaban J connectivity index is 0.00000231. The van der Waals surface area contributed by atoms with Gasteiger partial charge >= 0.3 is 5.97 Å². The van der Waals surface area contributed by atoms with E-state index in [9.17, 15) is 9.90 Å². The van der Waals surface area contributed by atoms with Crippen molar-refractivity contribution < 1.29 is 40.8 Å². The molecule has 3 aliphatic heterocycles. The molecule has 3 heterocycles. The first-order valence-corrected chi connectivity index (χ1v) is 10.9. The summed E-state index contributed by atoms with van der Waals surface area (Å²) >= 11 is 12.0. The van der Waals surface area contributed by atoms with Crippen molar-refractivity contribution in [1.82, 2.24) is 0 Å². The molecule has 3 fully saturated rings. The van der Waals surface area contributed by atoms with Crippen LogP contribution in [0.3, 0.4) is 0 Å². The Kier molecular flexibility index (Phi) is 5.95. The highest BCUT2D eigenvalue weighted by Crippen LogP contribution is 2.52. The van der Waals surface area contributed by atoms with Crippen molar-refractivity contribution in [2.75, 3.05) is 14.1 Å². The number of carbonyl (C=O) groups is 1. The van der Waals surface area contributed by atoms with Crippen molar-refractivity contribution in [3.05, 3.63) is 69.7 Å². The largest absolute Gasteiger partial charge is 1.00 e. The summed E-state index contributed by atoms with van der Waals surface area (Å²) in [5, 5.41) is 12.7. The summed E-state index contributed by atoms with van der Waals surface area (Å²) in [5.41, 5.74) is -1.14. The van der Waals surface area contributed by atoms with Crippen LogP contribution < -0.4 is 17.0 Å². The summed E-state index contributed by atoms with van der Waals surface area (Å²) in [6, 6.07) is 13.8. The van der Waals surface area contributed by atoms with Crippen molar-refractivity contribution in [3.8, 4) is 0 Å². The molecule has 8 heteroatoms. The average Bonchev–Trinajstić information content (AvgIpc) is 3.47. The van der Waals surface area contributed by atoms with Crippen LogP contribution in [0.4, 0.5) is 0 Å². The van der Waals surface area contributed by atoms with Gasteiger partial charge in [-0.1, -0.05) is 47.5 Å². The molecule has 2 bridgehead atoms. The number of hydrogen-bond donors (Lipinski definition) is 1. The van der Waals surface area contributed by atoms with Gasteiger partial charge < -0.3 is 36.0 Å². The Morgan fingerprint density at radius 3 is 1.81 bits per heavy atom. The van der Waals surface area contributed by atoms with E-state index >= 15 is 0 Å². The lowest BCUT2D eigenvalue weighted by Crippen LogP contribution is -3.00. The molecule has 5 atom stereocenters. The van der Waals surface area contributed by atoms with E-state index < -0.39 is 11.6 Å². The second-order valence-corrected chi connectivity index (χ2v) is 9.92. The molecule has 0 spiro atoms. The van der Waals surface area contributed by atoms with Gasteiger partial charge in [0.25, 0.3) is 0 Å². The Morgan fingerprint density at radius 1 is 0.968 bits per heavy atom. The number of nitrogens with zero attached hydrogens (tertiary/aromatic N) is 1. The van der Waals surface area contributed by atoms with Gasteiger partial charge in [0, 0.05) is 22.9 Å². The smallest absolute Gasteiger partial charge is 0.347 e. The molecule has 0 amide bonds. The number of carbonyl (C=O) groups excluding carboxylic acids is 1. The van der Waals surface area contributed by atoms with Crippen LogP contribution in [0.15, 0.2) is 48.5 Å². The van der Waals surface area contributed by atoms with E-state index in [2.05, 4.69) is 14.1 Å². The molecule has 0 aromatic heterocycles. The van der Waals surface area contributed by atoms with E-state index in [-0.39, 0.29) is 35.3 Å². The molecule has 31 heavy (non-hydrogen) atoms. The summed E-state index contributed by atoms with van der Waals surface area (Å²) in [6.45, 7) is 0. The molecule has 1 N–H and O–H groups in total. The second-order valence-electron chi connectivity index (χ2n) is 9.05. The van der Waals surface area contributed by atoms with Gasteiger partial charge in [0.15, 0.2) is 0 Å². The summed E-state index contributed by atoms with van der Waals surface area (Å²) in [5.74, 6) is -0.682. The number of likely N-dealkylation sites (N-methyl/N-ethyl adjacent to an activating group) is 1. The maximum atomic E-state index is 13.4. The first kappa shape index (κ1) is 23.0. The van der Waals surface area contributed by atoms with Crippen LogP contribution in [0, 0.1) is 0 Å². The van der Waals surface area contributed by atoms with Crippen molar-refractivity contribution in [3.63, 3.8) is 0 Å². The van der Waals surface area contributed by atoms with Crippen LogP contribution in [0.25, 0.3) is 0 Å². The minimum Gasteiger partial charge on any atom is -1.00 e. The van der Waals surface area contributed by atoms with Crippen LogP contribution in [0.1, 0.15) is 24.0 Å². The van der Waals surface area contributed by atoms with E-state index in [0.717, 1.165) is 17.3 Å². The first-order valence-electron chi connectivity index (χ1n) is 10.2. The molecular weight excluding hydrogens is 505 g/mol. The number of hydrogen-bond acceptors (Lipinski definition) is 4. The Hall–Kier alpha value is -1.15. The van der Waals surface area contributed by atoms with E-state index in [1.165, 1.54) is 0 Å². The van der Waals surface area contributed by atoms with Crippen molar-refractivity contribution in [2.45, 2.75) is 48.8 Å². The predicted molar refractivity (Wildman–Crippen MR) is 113 cm³/mol. The van der Waals surface area contributed by atoms with Crippen LogP contribution in [-0.4, -0.2) is 60.0 Å². The SMILES string of the molecule is C[N+]1(C)C2CC(OC(=O)C(O)(c3ccc(Cl)cc3)c3ccc(Cl)cc3)C[C@H]1[C@H]1OC21.[Br-].